The van der Waals surface area contributed by atoms with Gasteiger partial charge in [0.1, 0.15) is 0 Å². The molecular weight excluding hydrogens is 385 g/mol. The van der Waals surface area contributed by atoms with E-state index in [4.69, 9.17) is 0 Å². The van der Waals surface area contributed by atoms with E-state index in [1.54, 1.807) is 25.1 Å². The molecule has 2 heterocycles. The Kier molecular flexibility index (Phi) is 6.50. The highest BCUT2D eigenvalue weighted by Gasteiger charge is 2.40. The van der Waals surface area contributed by atoms with Gasteiger partial charge in [0.2, 0.25) is 0 Å². The van der Waals surface area contributed by atoms with Crippen LogP contribution in [-0.4, -0.2) is 46.5 Å². The van der Waals surface area contributed by atoms with Gasteiger partial charge in [0, 0.05) is 25.6 Å². The maximum Gasteiger partial charge on any atom is 0.434 e. The van der Waals surface area contributed by atoms with Gasteiger partial charge in [-0.15, -0.1) is 12.4 Å². The predicted octanol–water partition coefficient (Wildman–Crippen LogP) is 1.93. The molecule has 2 aromatic rings. The minimum absolute atomic E-state index is 0. The molecule has 2 atom stereocenters. The van der Waals surface area contributed by atoms with Gasteiger partial charge in [-0.05, 0) is 24.6 Å². The monoisotopic (exact) mass is 404 g/mol. The van der Waals surface area contributed by atoms with Crippen molar-refractivity contribution >= 4 is 18.3 Å². The summed E-state index contributed by atoms with van der Waals surface area (Å²) in [5.41, 5.74) is -0.656. The van der Waals surface area contributed by atoms with Crippen molar-refractivity contribution in [3.63, 3.8) is 0 Å². The largest absolute Gasteiger partial charge is 0.434 e. The van der Waals surface area contributed by atoms with Gasteiger partial charge < -0.3 is 15.7 Å². The quantitative estimate of drug-likeness (QED) is 0.727. The molecule has 10 heteroatoms. The number of alkyl halides is 3. The average molecular weight is 405 g/mol. The fourth-order valence-corrected chi connectivity index (χ4v) is 2.99. The molecule has 1 saturated heterocycles. The number of aliphatic hydroxyl groups is 1. The van der Waals surface area contributed by atoms with Crippen molar-refractivity contribution in [2.45, 2.75) is 19.2 Å². The third-order valence-electron chi connectivity index (χ3n) is 4.36. The van der Waals surface area contributed by atoms with E-state index in [0.717, 1.165) is 16.4 Å². The van der Waals surface area contributed by atoms with Crippen molar-refractivity contribution in [2.24, 2.45) is 5.92 Å². The lowest BCUT2D eigenvalue weighted by atomic mass is 10.1. The summed E-state index contributed by atoms with van der Waals surface area (Å²) >= 11 is 0. The van der Waals surface area contributed by atoms with Crippen LogP contribution in [0.1, 0.15) is 21.6 Å². The molecule has 148 valence electrons. The lowest BCUT2D eigenvalue weighted by molar-refractivity contribution is -0.143. The fraction of sp³-hybridized carbons (Fsp3) is 0.412. The van der Waals surface area contributed by atoms with Gasteiger partial charge in [0.05, 0.1) is 23.6 Å². The second-order valence-electron chi connectivity index (χ2n) is 6.35. The van der Waals surface area contributed by atoms with Crippen LogP contribution in [0.5, 0.6) is 0 Å². The molecule has 0 bridgehead atoms. The molecule has 6 nitrogen and oxygen atoms in total. The van der Waals surface area contributed by atoms with Gasteiger partial charge in [0.25, 0.3) is 5.91 Å². The number of benzene rings is 1. The molecule has 1 aromatic heterocycles. The Labute approximate surface area is 160 Å². The van der Waals surface area contributed by atoms with Crippen molar-refractivity contribution in [2.75, 3.05) is 19.6 Å². The topological polar surface area (TPSA) is 79.2 Å². The molecule has 3 N–H and O–H groups in total. The third kappa shape index (κ3) is 4.60. The summed E-state index contributed by atoms with van der Waals surface area (Å²) in [6.45, 7) is 2.74. The number of nitrogens with zero attached hydrogens (tertiary/aromatic N) is 2. The lowest BCUT2D eigenvalue weighted by Gasteiger charge is -2.15. The first kappa shape index (κ1) is 21.2. The van der Waals surface area contributed by atoms with Gasteiger partial charge >= 0.3 is 6.18 Å². The first-order chi connectivity index (χ1) is 12.3. The highest BCUT2D eigenvalue weighted by Crippen LogP contribution is 2.33. The predicted molar refractivity (Wildman–Crippen MR) is 95.3 cm³/mol. The Morgan fingerprint density at radius 3 is 2.74 bits per heavy atom. The molecule has 0 saturated carbocycles. The smallest absolute Gasteiger partial charge is 0.391 e. The number of nitrogens with one attached hydrogen (secondary N) is 2. The summed E-state index contributed by atoms with van der Waals surface area (Å²) in [4.78, 5) is 12.3. The van der Waals surface area contributed by atoms with E-state index in [9.17, 15) is 23.1 Å². The lowest BCUT2D eigenvalue weighted by Crippen LogP contribution is -2.35. The standard InChI is InChI=1S/C17H19F3N4O2.ClH/c1-10-3-2-4-12(5-10)24-15(17(18,19)20)13(8-23-24)16(26)22-7-11-6-21-9-14(11)25;/h2-5,8,11,14,21,25H,6-7,9H2,1H3,(H,22,26);1H. The number of halogens is 4. The molecule has 2 unspecified atom stereocenters. The zero-order chi connectivity index (χ0) is 18.9. The molecule has 1 aliphatic rings. The van der Waals surface area contributed by atoms with Crippen molar-refractivity contribution < 1.29 is 23.1 Å². The third-order valence-corrected chi connectivity index (χ3v) is 4.36. The van der Waals surface area contributed by atoms with E-state index < -0.39 is 29.4 Å². The number of hydrogen-bond donors (Lipinski definition) is 3. The van der Waals surface area contributed by atoms with Crippen LogP contribution in [-0.2, 0) is 6.18 Å². The minimum atomic E-state index is -4.75. The number of aromatic nitrogens is 2. The fourth-order valence-electron chi connectivity index (χ4n) is 2.99. The minimum Gasteiger partial charge on any atom is -0.391 e. The molecule has 0 aliphatic carbocycles. The molecule has 1 aromatic carbocycles. The molecule has 0 radical (unpaired) electrons. The number of amides is 1. The SMILES string of the molecule is Cc1cccc(-n2ncc(C(=O)NCC3CNCC3O)c2C(F)(F)F)c1.Cl. The molecule has 1 amide bonds. The molecular formula is C17H20ClF3N4O2. The molecule has 1 aliphatic heterocycles. The average Bonchev–Trinajstić information content (AvgIpc) is 3.18. The number of aliphatic hydroxyl groups excluding tert-OH is 1. The van der Waals surface area contributed by atoms with Crippen molar-refractivity contribution in [1.82, 2.24) is 20.4 Å². The van der Waals surface area contributed by atoms with E-state index in [0.29, 0.717) is 13.1 Å². The van der Waals surface area contributed by atoms with Gasteiger partial charge in [-0.1, -0.05) is 12.1 Å². The van der Waals surface area contributed by atoms with E-state index in [1.807, 2.05) is 0 Å². The van der Waals surface area contributed by atoms with Crippen LogP contribution in [0.25, 0.3) is 5.69 Å². The summed E-state index contributed by atoms with van der Waals surface area (Å²) in [7, 11) is 0. The Morgan fingerprint density at radius 2 is 2.15 bits per heavy atom. The Balaban J connectivity index is 0.00000261. The van der Waals surface area contributed by atoms with Crippen LogP contribution in [0.3, 0.4) is 0 Å². The van der Waals surface area contributed by atoms with Gasteiger partial charge in [-0.3, -0.25) is 4.79 Å². The van der Waals surface area contributed by atoms with Crippen LogP contribution in [0.2, 0.25) is 0 Å². The number of hydrogen-bond acceptors (Lipinski definition) is 4. The molecule has 0 spiro atoms. The van der Waals surface area contributed by atoms with Crippen LogP contribution in [0, 0.1) is 12.8 Å². The maximum absolute atomic E-state index is 13.6. The Morgan fingerprint density at radius 1 is 1.41 bits per heavy atom. The van der Waals surface area contributed by atoms with Gasteiger partial charge in [-0.25, -0.2) is 4.68 Å². The Hall–Kier alpha value is -2.10. The second-order valence-corrected chi connectivity index (χ2v) is 6.35. The summed E-state index contributed by atoms with van der Waals surface area (Å²) in [5.74, 6) is -1.10. The first-order valence-electron chi connectivity index (χ1n) is 8.16. The summed E-state index contributed by atoms with van der Waals surface area (Å²) < 4.78 is 41.5. The van der Waals surface area contributed by atoms with Crippen LogP contribution in [0.4, 0.5) is 13.2 Å². The van der Waals surface area contributed by atoms with Crippen LogP contribution in [0.15, 0.2) is 30.5 Å². The molecule has 3 rings (SSSR count). The highest BCUT2D eigenvalue weighted by molar-refractivity contribution is 5.95. The Bertz CT molecular complexity index is 810. The highest BCUT2D eigenvalue weighted by atomic mass is 35.5. The maximum atomic E-state index is 13.6. The summed E-state index contributed by atoms with van der Waals surface area (Å²) in [6.07, 6.45) is -4.46. The summed E-state index contributed by atoms with van der Waals surface area (Å²) in [5, 5.41) is 18.9. The molecule has 1 fully saturated rings. The van der Waals surface area contributed by atoms with Crippen molar-refractivity contribution in [3.05, 3.63) is 47.3 Å². The van der Waals surface area contributed by atoms with E-state index in [1.165, 1.54) is 6.07 Å². The van der Waals surface area contributed by atoms with Gasteiger partial charge in [-0.2, -0.15) is 18.3 Å². The zero-order valence-corrected chi connectivity index (χ0v) is 15.3. The number of aryl methyl sites for hydroxylation is 1. The molecule has 27 heavy (non-hydrogen) atoms. The van der Waals surface area contributed by atoms with Crippen molar-refractivity contribution in [3.8, 4) is 5.69 Å². The number of β-amino-alcohol motifs (C(OH)–C–C–N with tert-alkyl or cyclic N) is 1. The van der Waals surface area contributed by atoms with Gasteiger partial charge in [0.15, 0.2) is 5.69 Å². The van der Waals surface area contributed by atoms with Crippen molar-refractivity contribution in [1.29, 1.82) is 0 Å². The van der Waals surface area contributed by atoms with Crippen LogP contribution >= 0.6 is 12.4 Å². The normalized spacial score (nSPS) is 19.6. The number of carbonyl (C=O) groups is 1. The first-order valence-corrected chi connectivity index (χ1v) is 8.16. The second kappa shape index (κ2) is 8.28. The number of rotatable bonds is 4. The van der Waals surface area contributed by atoms with Crippen LogP contribution < -0.4 is 10.6 Å². The number of carbonyl (C=O) groups excluding carboxylic acids is 1. The van der Waals surface area contributed by atoms with E-state index in [-0.39, 0.29) is 30.6 Å². The zero-order valence-electron chi connectivity index (χ0n) is 14.5. The van der Waals surface area contributed by atoms with E-state index in [2.05, 4.69) is 15.7 Å². The summed E-state index contributed by atoms with van der Waals surface area (Å²) in [6, 6.07) is 6.44. The van der Waals surface area contributed by atoms with E-state index >= 15 is 0 Å².